The van der Waals surface area contributed by atoms with E-state index >= 15 is 0 Å². The van der Waals surface area contributed by atoms with E-state index in [1.54, 1.807) is 0 Å². The summed E-state index contributed by atoms with van der Waals surface area (Å²) < 4.78 is 0. The third-order valence-corrected chi connectivity index (χ3v) is 7.68. The molecule has 0 spiro atoms. The van der Waals surface area contributed by atoms with Crippen molar-refractivity contribution in [2.24, 2.45) is 23.7 Å². The van der Waals surface area contributed by atoms with Gasteiger partial charge in [0.2, 0.25) is 0 Å². The maximum atomic E-state index is 2.87. The molecule has 2 heteroatoms. The molecule has 2 nitrogen and oxygen atoms in total. The van der Waals surface area contributed by atoms with Crippen LogP contribution in [0.3, 0.4) is 0 Å². The van der Waals surface area contributed by atoms with Crippen LogP contribution in [0.4, 0.5) is 0 Å². The lowest BCUT2D eigenvalue weighted by atomic mass is 9.89. The molecule has 4 bridgehead atoms. The molecule has 0 aromatic heterocycles. The van der Waals surface area contributed by atoms with Crippen molar-refractivity contribution in [3.8, 4) is 0 Å². The van der Waals surface area contributed by atoms with Gasteiger partial charge in [0.25, 0.3) is 0 Å². The van der Waals surface area contributed by atoms with Gasteiger partial charge < -0.3 is 0 Å². The van der Waals surface area contributed by atoms with Gasteiger partial charge in [-0.25, -0.2) is 0 Å². The second-order valence-corrected chi connectivity index (χ2v) is 8.54. The highest BCUT2D eigenvalue weighted by Crippen LogP contribution is 2.48. The highest BCUT2D eigenvalue weighted by Gasteiger charge is 2.50. The minimum atomic E-state index is 0.853. The van der Waals surface area contributed by atoms with Gasteiger partial charge in [0.1, 0.15) is 0 Å². The van der Waals surface area contributed by atoms with Crippen molar-refractivity contribution < 1.29 is 0 Å². The van der Waals surface area contributed by atoms with E-state index in [-0.39, 0.29) is 0 Å². The van der Waals surface area contributed by atoms with Crippen LogP contribution < -0.4 is 0 Å². The van der Waals surface area contributed by atoms with Gasteiger partial charge in [-0.3, -0.25) is 9.80 Å². The summed E-state index contributed by atoms with van der Waals surface area (Å²) in [6.45, 7) is 8.79. The van der Waals surface area contributed by atoms with Crippen LogP contribution in [0.15, 0.2) is 0 Å². The molecule has 4 aliphatic rings. The van der Waals surface area contributed by atoms with E-state index in [2.05, 4.69) is 37.6 Å². The molecule has 2 aliphatic carbocycles. The first-order valence-corrected chi connectivity index (χ1v) is 9.04. The van der Waals surface area contributed by atoms with Gasteiger partial charge >= 0.3 is 0 Å². The molecular formula is C18H32N2. The maximum Gasteiger partial charge on any atom is 0.0136 e. The van der Waals surface area contributed by atoms with Crippen molar-refractivity contribution in [1.29, 1.82) is 0 Å². The summed E-state index contributed by atoms with van der Waals surface area (Å²) in [4.78, 5) is 5.61. The number of likely N-dealkylation sites (tertiary alicyclic amines) is 2. The lowest BCUT2D eigenvalue weighted by Crippen LogP contribution is -2.46. The van der Waals surface area contributed by atoms with Crippen molar-refractivity contribution in [1.82, 2.24) is 9.80 Å². The van der Waals surface area contributed by atoms with Crippen molar-refractivity contribution in [2.75, 3.05) is 13.6 Å². The number of nitrogens with zero attached hydrogens (tertiary/aromatic N) is 2. The van der Waals surface area contributed by atoms with Crippen molar-refractivity contribution in [3.05, 3.63) is 0 Å². The van der Waals surface area contributed by atoms with E-state index in [4.69, 9.17) is 0 Å². The zero-order chi connectivity index (χ0) is 14.0. The van der Waals surface area contributed by atoms with Gasteiger partial charge in [-0.1, -0.05) is 13.8 Å². The highest BCUT2D eigenvalue weighted by molar-refractivity contribution is 5.04. The van der Waals surface area contributed by atoms with Crippen molar-refractivity contribution >= 4 is 0 Å². The molecule has 0 aromatic carbocycles. The second kappa shape index (κ2) is 4.71. The average Bonchev–Trinajstić information content (AvgIpc) is 3.09. The monoisotopic (exact) mass is 276 g/mol. The van der Waals surface area contributed by atoms with E-state index in [0.29, 0.717) is 0 Å². The molecule has 0 radical (unpaired) electrons. The molecule has 8 unspecified atom stereocenters. The maximum absolute atomic E-state index is 2.87. The smallest absolute Gasteiger partial charge is 0.0136 e. The van der Waals surface area contributed by atoms with Gasteiger partial charge in [-0.05, 0) is 69.7 Å². The Hall–Kier alpha value is -0.0800. The lowest BCUT2D eigenvalue weighted by molar-refractivity contribution is 0.0827. The van der Waals surface area contributed by atoms with Crippen molar-refractivity contribution in [2.45, 2.75) is 77.0 Å². The predicted octanol–water partition coefficient (Wildman–Crippen LogP) is 3.22. The standard InChI is InChI=1S/C18H32N2/c1-11-8-15-10-16(11)13(3)20(15)6-5-17-14-7-12(2)18(9-14)19(17)4/h11-18H,5-10H2,1-4H3. The summed E-state index contributed by atoms with van der Waals surface area (Å²) >= 11 is 0. The summed E-state index contributed by atoms with van der Waals surface area (Å²) in [5.74, 6) is 3.94. The number of rotatable bonds is 3. The Kier molecular flexibility index (Phi) is 3.20. The first kappa shape index (κ1) is 13.6. The molecule has 4 rings (SSSR count). The number of fused-ring (bicyclic) bond motifs is 4. The molecular weight excluding hydrogens is 244 g/mol. The first-order chi connectivity index (χ1) is 9.56. The normalized spacial score (nSPS) is 55.2. The molecule has 4 fully saturated rings. The third kappa shape index (κ3) is 1.83. The molecule has 2 aliphatic heterocycles. The largest absolute Gasteiger partial charge is 0.300 e. The van der Waals surface area contributed by atoms with Crippen LogP contribution in [0, 0.1) is 23.7 Å². The number of hydrogen-bond acceptors (Lipinski definition) is 2. The van der Waals surface area contributed by atoms with Crippen LogP contribution in [0.1, 0.15) is 52.9 Å². The predicted molar refractivity (Wildman–Crippen MR) is 83.7 cm³/mol. The number of piperidine rings is 2. The topological polar surface area (TPSA) is 6.48 Å². The molecule has 0 N–H and O–H groups in total. The summed E-state index contributed by atoms with van der Waals surface area (Å²) in [6.07, 6.45) is 7.37. The van der Waals surface area contributed by atoms with Gasteiger partial charge in [0.15, 0.2) is 0 Å². The molecule has 2 heterocycles. The van der Waals surface area contributed by atoms with E-state index in [1.165, 1.54) is 38.6 Å². The van der Waals surface area contributed by atoms with Crippen LogP contribution in [0.2, 0.25) is 0 Å². The molecule has 8 atom stereocenters. The highest BCUT2D eigenvalue weighted by atomic mass is 15.3. The van der Waals surface area contributed by atoms with Crippen LogP contribution in [-0.2, 0) is 0 Å². The Morgan fingerprint density at radius 3 is 2.35 bits per heavy atom. The first-order valence-electron chi connectivity index (χ1n) is 9.04. The Morgan fingerprint density at radius 2 is 1.75 bits per heavy atom. The third-order valence-electron chi connectivity index (χ3n) is 7.68. The Morgan fingerprint density at radius 1 is 0.950 bits per heavy atom. The quantitative estimate of drug-likeness (QED) is 0.781. The van der Waals surface area contributed by atoms with Gasteiger partial charge in [0, 0.05) is 30.7 Å². The second-order valence-electron chi connectivity index (χ2n) is 8.54. The van der Waals surface area contributed by atoms with Crippen LogP contribution in [0.5, 0.6) is 0 Å². The number of hydrogen-bond donors (Lipinski definition) is 0. The minimum absolute atomic E-state index is 0.853. The van der Waals surface area contributed by atoms with Crippen LogP contribution >= 0.6 is 0 Å². The molecule has 2 saturated heterocycles. The zero-order valence-corrected chi connectivity index (χ0v) is 13.8. The van der Waals surface area contributed by atoms with E-state index in [0.717, 1.165) is 47.8 Å². The fraction of sp³-hybridized carbons (Fsp3) is 1.00. The Bertz CT molecular complexity index is 342. The summed E-state index contributed by atoms with van der Waals surface area (Å²) in [5, 5.41) is 0. The molecule has 0 amide bonds. The van der Waals surface area contributed by atoms with E-state index in [1.807, 2.05) is 0 Å². The summed E-state index contributed by atoms with van der Waals surface area (Å²) in [5.41, 5.74) is 0. The van der Waals surface area contributed by atoms with Gasteiger partial charge in [-0.2, -0.15) is 0 Å². The average molecular weight is 276 g/mol. The molecule has 20 heavy (non-hydrogen) atoms. The SMILES string of the molecule is CC1CC2CC1C(C)N2CCC1C2CC(C)C(C2)N1C. The van der Waals surface area contributed by atoms with Crippen LogP contribution in [0.25, 0.3) is 0 Å². The van der Waals surface area contributed by atoms with E-state index < -0.39 is 0 Å². The minimum Gasteiger partial charge on any atom is -0.300 e. The van der Waals surface area contributed by atoms with Crippen LogP contribution in [-0.4, -0.2) is 47.6 Å². The van der Waals surface area contributed by atoms with Gasteiger partial charge in [0.05, 0.1) is 0 Å². The Labute approximate surface area is 124 Å². The zero-order valence-electron chi connectivity index (χ0n) is 13.8. The fourth-order valence-electron chi connectivity index (χ4n) is 6.61. The van der Waals surface area contributed by atoms with Crippen molar-refractivity contribution in [3.63, 3.8) is 0 Å². The van der Waals surface area contributed by atoms with E-state index in [9.17, 15) is 0 Å². The summed E-state index contributed by atoms with van der Waals surface area (Å²) in [7, 11) is 2.40. The molecule has 114 valence electrons. The molecule has 0 aromatic rings. The Balaban J connectivity index is 1.36. The summed E-state index contributed by atoms with van der Waals surface area (Å²) in [6, 6.07) is 3.57. The van der Waals surface area contributed by atoms with Gasteiger partial charge in [-0.15, -0.1) is 0 Å². The fourth-order valence-corrected chi connectivity index (χ4v) is 6.61. The molecule has 2 saturated carbocycles. The lowest BCUT2D eigenvalue weighted by Gasteiger charge is -2.40.